The molecule has 0 aliphatic heterocycles. The van der Waals surface area contributed by atoms with Crippen LogP contribution in [0.15, 0.2) is 35.4 Å². The van der Waals surface area contributed by atoms with E-state index in [1.807, 2.05) is 0 Å². The zero-order chi connectivity index (χ0) is 23.2. The Balaban J connectivity index is 0.000000804. The first-order valence-corrected chi connectivity index (χ1v) is 12.4. The fourth-order valence-electron chi connectivity index (χ4n) is 2.12. The fraction of sp³-hybridized carbons (Fsp3) is 0.375. The van der Waals surface area contributed by atoms with Crippen LogP contribution in [0.5, 0.6) is 0 Å². The number of rotatable bonds is 5. The molecule has 0 atom stereocenters. The fourth-order valence-corrected chi connectivity index (χ4v) is 3.59. The van der Waals surface area contributed by atoms with Crippen LogP contribution < -0.4 is 10.0 Å². The maximum Gasteiger partial charge on any atom is 0.407 e. The van der Waals surface area contributed by atoms with E-state index in [0.29, 0.717) is 10.8 Å². The van der Waals surface area contributed by atoms with Crippen LogP contribution in [0.4, 0.5) is 4.79 Å². The summed E-state index contributed by atoms with van der Waals surface area (Å²) < 4.78 is 57.7. The van der Waals surface area contributed by atoms with E-state index in [0.717, 1.165) is 0 Å². The Morgan fingerprint density at radius 2 is 1.73 bits per heavy atom. The molecule has 0 aliphatic carbocycles. The molecule has 1 amide bonds. The summed E-state index contributed by atoms with van der Waals surface area (Å²) in [4.78, 5) is 15.6. The number of benzene rings is 1. The Morgan fingerprint density at radius 3 is 2.30 bits per heavy atom. The number of halogens is 2. The van der Waals surface area contributed by atoms with Gasteiger partial charge in [0, 0.05) is 40.7 Å². The molecule has 10 nitrogen and oxygen atoms in total. The molecule has 1 aromatic heterocycles. The maximum absolute atomic E-state index is 12.5. The molecular formula is C16H21Cl2N3O7S2. The van der Waals surface area contributed by atoms with Crippen molar-refractivity contribution in [3.8, 4) is 0 Å². The molecule has 0 bridgehead atoms. The average molecular weight is 502 g/mol. The second-order valence-corrected chi connectivity index (χ2v) is 10.8. The molecule has 30 heavy (non-hydrogen) atoms. The number of nitrogens with one attached hydrogen (secondary N) is 2. The minimum atomic E-state index is -4.19. The van der Waals surface area contributed by atoms with Crippen LogP contribution >= 0.6 is 22.3 Å². The minimum absolute atomic E-state index is 0.0246. The van der Waals surface area contributed by atoms with Crippen LogP contribution in [-0.4, -0.2) is 51.2 Å². The SMILES string of the molecule is CC(C)(C)OC(=O)NCCNS(=O)(=O)c1cccc2c(Cl)nccc12.O=S(=O)(O)Cl. The van der Waals surface area contributed by atoms with Crippen LogP contribution in [0, 0.1) is 0 Å². The highest BCUT2D eigenvalue weighted by molar-refractivity contribution is 8.09. The van der Waals surface area contributed by atoms with Gasteiger partial charge < -0.3 is 10.1 Å². The first-order chi connectivity index (χ1) is 13.6. The first kappa shape index (κ1) is 26.3. The van der Waals surface area contributed by atoms with Gasteiger partial charge in [0.25, 0.3) is 0 Å². The summed E-state index contributed by atoms with van der Waals surface area (Å²) >= 11 is 6.01. The average Bonchev–Trinajstić information content (AvgIpc) is 2.56. The van der Waals surface area contributed by atoms with Gasteiger partial charge in [0.1, 0.15) is 10.8 Å². The molecule has 3 N–H and O–H groups in total. The molecule has 0 aliphatic rings. The number of nitrogens with zero attached hydrogens (tertiary/aromatic N) is 1. The molecular weight excluding hydrogens is 481 g/mol. The number of carbonyl (C=O) groups is 1. The lowest BCUT2D eigenvalue weighted by Crippen LogP contribution is -2.37. The van der Waals surface area contributed by atoms with Gasteiger partial charge in [-0.15, -0.1) is 0 Å². The van der Waals surface area contributed by atoms with Crippen molar-refractivity contribution in [2.24, 2.45) is 0 Å². The first-order valence-electron chi connectivity index (χ1n) is 8.27. The smallest absolute Gasteiger partial charge is 0.407 e. The van der Waals surface area contributed by atoms with Crippen molar-refractivity contribution in [2.75, 3.05) is 13.1 Å². The van der Waals surface area contributed by atoms with E-state index in [4.69, 9.17) is 29.3 Å². The van der Waals surface area contributed by atoms with Gasteiger partial charge in [-0.3, -0.25) is 4.55 Å². The Labute approximate surface area is 184 Å². The van der Waals surface area contributed by atoms with E-state index in [-0.39, 0.29) is 23.1 Å². The van der Waals surface area contributed by atoms with Crippen LogP contribution in [-0.2, 0) is 24.1 Å². The molecule has 1 aromatic carbocycles. The molecule has 1 heterocycles. The van der Waals surface area contributed by atoms with Crippen molar-refractivity contribution in [3.05, 3.63) is 35.6 Å². The van der Waals surface area contributed by atoms with Gasteiger partial charge in [0.2, 0.25) is 10.0 Å². The van der Waals surface area contributed by atoms with Crippen molar-refractivity contribution in [2.45, 2.75) is 31.3 Å². The van der Waals surface area contributed by atoms with Gasteiger partial charge in [-0.2, -0.15) is 8.42 Å². The molecule has 14 heteroatoms. The number of hydrogen-bond donors (Lipinski definition) is 3. The maximum atomic E-state index is 12.5. The van der Waals surface area contributed by atoms with E-state index in [1.165, 1.54) is 12.3 Å². The molecule has 0 saturated heterocycles. The summed E-state index contributed by atoms with van der Waals surface area (Å²) in [6, 6.07) is 6.38. The normalized spacial score (nSPS) is 12.1. The topological polar surface area (TPSA) is 152 Å². The number of hydrogen-bond acceptors (Lipinski definition) is 7. The highest BCUT2D eigenvalue weighted by atomic mass is 35.7. The third kappa shape index (κ3) is 9.87. The lowest BCUT2D eigenvalue weighted by Gasteiger charge is -2.19. The predicted molar refractivity (Wildman–Crippen MR) is 114 cm³/mol. The number of amides is 1. The quantitative estimate of drug-likeness (QED) is 0.244. The van der Waals surface area contributed by atoms with Crippen molar-refractivity contribution in [1.29, 1.82) is 0 Å². The highest BCUT2D eigenvalue weighted by Gasteiger charge is 2.19. The summed E-state index contributed by atoms with van der Waals surface area (Å²) in [5.41, 5.74) is -0.611. The van der Waals surface area contributed by atoms with Crippen LogP contribution in [0.2, 0.25) is 5.15 Å². The lowest BCUT2D eigenvalue weighted by molar-refractivity contribution is 0.0529. The Hall–Kier alpha value is -1.70. The second-order valence-electron chi connectivity index (χ2n) is 6.69. The van der Waals surface area contributed by atoms with Gasteiger partial charge in [0.05, 0.1) is 4.90 Å². The Bertz CT molecular complexity index is 1090. The number of fused-ring (bicyclic) bond motifs is 1. The van der Waals surface area contributed by atoms with Gasteiger partial charge in [-0.1, -0.05) is 23.7 Å². The van der Waals surface area contributed by atoms with Gasteiger partial charge in [-0.05, 0) is 32.9 Å². The van der Waals surface area contributed by atoms with E-state index < -0.39 is 31.0 Å². The summed E-state index contributed by atoms with van der Waals surface area (Å²) in [6.45, 7) is 5.36. The number of ether oxygens (including phenoxy) is 1. The Morgan fingerprint density at radius 1 is 1.13 bits per heavy atom. The number of carbonyl (C=O) groups excluding carboxylic acids is 1. The van der Waals surface area contributed by atoms with E-state index in [9.17, 15) is 13.2 Å². The van der Waals surface area contributed by atoms with E-state index in [1.54, 1.807) is 39.0 Å². The van der Waals surface area contributed by atoms with Crippen molar-refractivity contribution < 1.29 is 30.9 Å². The molecule has 0 fully saturated rings. The standard InChI is InChI=1S/C16H20ClN3O4S.ClHO3S/c1-16(2,3)24-15(21)19-9-10-20-25(22,23)13-6-4-5-12-11(13)7-8-18-14(12)17;1-5(2,3)4/h4-8,20H,9-10H2,1-3H3,(H,19,21);(H,2,3,4). The number of pyridine rings is 1. The molecule has 2 rings (SSSR count). The zero-order valence-electron chi connectivity index (χ0n) is 16.2. The van der Waals surface area contributed by atoms with Crippen LogP contribution in [0.25, 0.3) is 10.8 Å². The van der Waals surface area contributed by atoms with Crippen molar-refractivity contribution in [1.82, 2.24) is 15.0 Å². The number of aromatic nitrogens is 1. The monoisotopic (exact) mass is 501 g/mol. The molecule has 0 radical (unpaired) electrons. The molecule has 168 valence electrons. The van der Waals surface area contributed by atoms with Crippen LogP contribution in [0.3, 0.4) is 0 Å². The largest absolute Gasteiger partial charge is 0.444 e. The third-order valence-electron chi connectivity index (χ3n) is 3.09. The number of sulfonamides is 1. The lowest BCUT2D eigenvalue weighted by atomic mass is 10.2. The second kappa shape index (κ2) is 10.6. The van der Waals surface area contributed by atoms with Gasteiger partial charge >= 0.3 is 15.4 Å². The highest BCUT2D eigenvalue weighted by Crippen LogP contribution is 2.26. The zero-order valence-corrected chi connectivity index (χ0v) is 19.4. The minimum Gasteiger partial charge on any atom is -0.444 e. The number of alkyl carbamates (subject to hydrolysis) is 1. The molecule has 0 spiro atoms. The van der Waals surface area contributed by atoms with E-state index >= 15 is 0 Å². The summed E-state index contributed by atoms with van der Waals surface area (Å²) in [5.74, 6) is 0. The Kier molecular flexibility index (Phi) is 9.26. The van der Waals surface area contributed by atoms with Crippen molar-refractivity contribution >= 4 is 58.5 Å². The van der Waals surface area contributed by atoms with Gasteiger partial charge in [-0.25, -0.2) is 22.9 Å². The summed E-state index contributed by atoms with van der Waals surface area (Å²) in [6.07, 6.45) is 0.850. The summed E-state index contributed by atoms with van der Waals surface area (Å²) in [7, 11) is -3.90. The molecule has 0 unspecified atom stereocenters. The third-order valence-corrected chi connectivity index (χ3v) is 4.91. The summed E-state index contributed by atoms with van der Waals surface area (Å²) in [5, 5.41) is 3.76. The van der Waals surface area contributed by atoms with Gasteiger partial charge in [0.15, 0.2) is 0 Å². The van der Waals surface area contributed by atoms with Crippen molar-refractivity contribution in [3.63, 3.8) is 0 Å². The van der Waals surface area contributed by atoms with E-state index in [2.05, 4.69) is 25.7 Å². The predicted octanol–water partition coefficient (Wildman–Crippen LogP) is 2.72. The molecule has 2 aromatic rings. The molecule has 0 saturated carbocycles. The van der Waals surface area contributed by atoms with Crippen LogP contribution in [0.1, 0.15) is 20.8 Å².